The minimum absolute atomic E-state index is 0.0822. The normalized spacial score (nSPS) is 27.8. The second kappa shape index (κ2) is 3.13. The second-order valence-corrected chi connectivity index (χ2v) is 7.30. The molecule has 0 heterocycles. The van der Waals surface area contributed by atoms with Crippen molar-refractivity contribution in [3.8, 4) is 0 Å². The van der Waals surface area contributed by atoms with E-state index in [2.05, 4.69) is 0 Å². The lowest BCUT2D eigenvalue weighted by atomic mass is 9.56. The molecule has 2 aliphatic rings. The highest BCUT2D eigenvalue weighted by atomic mass is 35.7. The van der Waals surface area contributed by atoms with E-state index in [1.54, 1.807) is 0 Å². The van der Waals surface area contributed by atoms with Crippen LogP contribution in [0.3, 0.4) is 0 Å². The fourth-order valence-electron chi connectivity index (χ4n) is 2.67. The fraction of sp³-hybridized carbons (Fsp3) is 1.00. The van der Waals surface area contributed by atoms with Crippen LogP contribution in [0.15, 0.2) is 0 Å². The van der Waals surface area contributed by atoms with Gasteiger partial charge in [0.1, 0.15) is 0 Å². The average molecular weight is 223 g/mol. The number of halogens is 1. The number of hydrogen-bond acceptors (Lipinski definition) is 2. The van der Waals surface area contributed by atoms with Crippen molar-refractivity contribution in [2.24, 2.45) is 11.3 Å². The van der Waals surface area contributed by atoms with Crippen LogP contribution in [0.4, 0.5) is 0 Å². The maximum Gasteiger partial charge on any atom is 0.233 e. The largest absolute Gasteiger partial charge is 0.233 e. The van der Waals surface area contributed by atoms with Crippen LogP contribution in [0.25, 0.3) is 0 Å². The molecule has 2 nitrogen and oxygen atoms in total. The van der Waals surface area contributed by atoms with E-state index < -0.39 is 9.05 Å². The van der Waals surface area contributed by atoms with Gasteiger partial charge in [-0.3, -0.25) is 0 Å². The Labute approximate surface area is 84.1 Å². The standard InChI is InChI=1S/C9H15ClO2S/c10-13(11,12)7-9(5-2-6-9)8-3-1-4-8/h8H,1-7H2. The van der Waals surface area contributed by atoms with Crippen LogP contribution in [0.2, 0.25) is 0 Å². The number of rotatable bonds is 3. The third kappa shape index (κ3) is 1.86. The van der Waals surface area contributed by atoms with Gasteiger partial charge in [-0.1, -0.05) is 12.8 Å². The molecule has 0 aliphatic heterocycles. The summed E-state index contributed by atoms with van der Waals surface area (Å²) < 4.78 is 22.1. The zero-order valence-corrected chi connectivity index (χ0v) is 9.20. The summed E-state index contributed by atoms with van der Waals surface area (Å²) in [5, 5.41) is 0. The molecule has 2 rings (SSSR count). The summed E-state index contributed by atoms with van der Waals surface area (Å²) in [5.74, 6) is 0.862. The highest BCUT2D eigenvalue weighted by Gasteiger charge is 2.48. The van der Waals surface area contributed by atoms with Gasteiger partial charge in [0.05, 0.1) is 5.75 Å². The molecule has 76 valence electrons. The van der Waals surface area contributed by atoms with E-state index in [1.165, 1.54) is 25.7 Å². The smallest absolute Gasteiger partial charge is 0.212 e. The van der Waals surface area contributed by atoms with Gasteiger partial charge < -0.3 is 0 Å². The quantitative estimate of drug-likeness (QED) is 0.688. The van der Waals surface area contributed by atoms with Crippen molar-refractivity contribution in [1.82, 2.24) is 0 Å². The summed E-state index contributed by atoms with van der Waals surface area (Å²) in [6, 6.07) is 0. The van der Waals surface area contributed by atoms with Crippen molar-refractivity contribution >= 4 is 19.7 Å². The second-order valence-electron chi connectivity index (χ2n) is 4.53. The van der Waals surface area contributed by atoms with Gasteiger partial charge in [-0.05, 0) is 37.0 Å². The molecule has 2 fully saturated rings. The predicted molar refractivity (Wildman–Crippen MR) is 53.3 cm³/mol. The average Bonchev–Trinajstić information content (AvgIpc) is 1.74. The van der Waals surface area contributed by atoms with Crippen molar-refractivity contribution in [3.63, 3.8) is 0 Å². The summed E-state index contributed by atoms with van der Waals surface area (Å²) in [6.45, 7) is 0. The first-order valence-electron chi connectivity index (χ1n) is 4.94. The molecular weight excluding hydrogens is 208 g/mol. The highest BCUT2D eigenvalue weighted by molar-refractivity contribution is 8.13. The SMILES string of the molecule is O=S(=O)(Cl)CC1(C2CCC2)CCC1. The Morgan fingerprint density at radius 2 is 1.85 bits per heavy atom. The lowest BCUT2D eigenvalue weighted by Crippen LogP contribution is -2.45. The molecular formula is C9H15ClO2S. The Bertz CT molecular complexity index is 289. The molecule has 0 radical (unpaired) electrons. The van der Waals surface area contributed by atoms with E-state index in [4.69, 9.17) is 10.7 Å². The van der Waals surface area contributed by atoms with Crippen molar-refractivity contribution in [2.75, 3.05) is 5.75 Å². The molecule has 4 heteroatoms. The maximum atomic E-state index is 11.0. The lowest BCUT2D eigenvalue weighted by Gasteiger charge is -2.51. The van der Waals surface area contributed by atoms with Crippen molar-refractivity contribution in [2.45, 2.75) is 38.5 Å². The van der Waals surface area contributed by atoms with Crippen LogP contribution in [0, 0.1) is 11.3 Å². The molecule has 0 atom stereocenters. The summed E-state index contributed by atoms with van der Waals surface area (Å²) in [6.07, 6.45) is 7.03. The number of hydrogen-bond donors (Lipinski definition) is 0. The van der Waals surface area contributed by atoms with Gasteiger partial charge in [0.2, 0.25) is 9.05 Å². The Morgan fingerprint density at radius 3 is 2.08 bits per heavy atom. The maximum absolute atomic E-state index is 11.0. The van der Waals surface area contributed by atoms with Crippen molar-refractivity contribution < 1.29 is 8.42 Å². The molecule has 0 aromatic heterocycles. The Kier molecular flexibility index (Phi) is 2.35. The molecule has 2 aliphatic carbocycles. The van der Waals surface area contributed by atoms with Gasteiger partial charge >= 0.3 is 0 Å². The monoisotopic (exact) mass is 222 g/mol. The van der Waals surface area contributed by atoms with Gasteiger partial charge in [0.25, 0.3) is 0 Å². The zero-order valence-electron chi connectivity index (χ0n) is 7.63. The van der Waals surface area contributed by atoms with Crippen LogP contribution in [-0.2, 0) is 9.05 Å². The molecule has 13 heavy (non-hydrogen) atoms. The molecule has 0 bridgehead atoms. The minimum Gasteiger partial charge on any atom is -0.212 e. The van der Waals surface area contributed by atoms with Gasteiger partial charge in [-0.15, -0.1) is 0 Å². The topological polar surface area (TPSA) is 34.1 Å². The Hall–Kier alpha value is 0.240. The van der Waals surface area contributed by atoms with Gasteiger partial charge in [-0.25, -0.2) is 8.42 Å². The third-order valence-corrected chi connectivity index (χ3v) is 5.03. The van der Waals surface area contributed by atoms with Gasteiger partial charge in [0, 0.05) is 10.7 Å². The van der Waals surface area contributed by atoms with Crippen LogP contribution in [0.5, 0.6) is 0 Å². The Morgan fingerprint density at radius 1 is 1.23 bits per heavy atom. The summed E-state index contributed by atoms with van der Waals surface area (Å²) in [5.41, 5.74) is 0.0822. The van der Waals surface area contributed by atoms with E-state index in [0.29, 0.717) is 5.92 Å². The van der Waals surface area contributed by atoms with E-state index in [0.717, 1.165) is 12.8 Å². The Balaban J connectivity index is 2.06. The molecule has 0 N–H and O–H groups in total. The first kappa shape index (κ1) is 9.78. The third-order valence-electron chi connectivity index (χ3n) is 3.78. The lowest BCUT2D eigenvalue weighted by molar-refractivity contribution is 0.0248. The predicted octanol–water partition coefficient (Wildman–Crippen LogP) is 2.53. The molecule has 0 aromatic rings. The van der Waals surface area contributed by atoms with E-state index in [-0.39, 0.29) is 11.2 Å². The summed E-state index contributed by atoms with van der Waals surface area (Å²) in [4.78, 5) is 0. The van der Waals surface area contributed by atoms with Crippen LogP contribution in [0.1, 0.15) is 38.5 Å². The molecule has 0 spiro atoms. The van der Waals surface area contributed by atoms with E-state index in [1.807, 2.05) is 0 Å². The minimum atomic E-state index is -3.29. The van der Waals surface area contributed by atoms with Crippen molar-refractivity contribution in [3.05, 3.63) is 0 Å². The molecule has 0 unspecified atom stereocenters. The summed E-state index contributed by atoms with van der Waals surface area (Å²) >= 11 is 0. The van der Waals surface area contributed by atoms with Crippen molar-refractivity contribution in [1.29, 1.82) is 0 Å². The molecule has 0 saturated heterocycles. The molecule has 2 saturated carbocycles. The first-order chi connectivity index (χ1) is 6.02. The first-order valence-corrected chi connectivity index (χ1v) is 7.42. The summed E-state index contributed by atoms with van der Waals surface area (Å²) in [7, 11) is 2.04. The van der Waals surface area contributed by atoms with Gasteiger partial charge in [0.15, 0.2) is 0 Å². The fourth-order valence-corrected chi connectivity index (χ4v) is 4.53. The van der Waals surface area contributed by atoms with Gasteiger partial charge in [-0.2, -0.15) is 0 Å². The van der Waals surface area contributed by atoms with E-state index >= 15 is 0 Å². The van der Waals surface area contributed by atoms with E-state index in [9.17, 15) is 8.42 Å². The van der Waals surface area contributed by atoms with Crippen LogP contribution >= 0.6 is 10.7 Å². The highest BCUT2D eigenvalue weighted by Crippen LogP contribution is 2.55. The van der Waals surface area contributed by atoms with Crippen LogP contribution < -0.4 is 0 Å². The van der Waals surface area contributed by atoms with Crippen LogP contribution in [-0.4, -0.2) is 14.2 Å². The molecule has 0 aromatic carbocycles. The molecule has 0 amide bonds. The zero-order chi connectivity index (χ0) is 9.53.